The van der Waals surface area contributed by atoms with Gasteiger partial charge in [-0.1, -0.05) is 62.2 Å². The first kappa shape index (κ1) is 26.5. The minimum atomic E-state index is -1.23. The lowest BCUT2D eigenvalue weighted by Gasteiger charge is -2.35. The van der Waals surface area contributed by atoms with Crippen LogP contribution >= 0.6 is 23.2 Å². The van der Waals surface area contributed by atoms with Gasteiger partial charge in [0.05, 0.1) is 38.5 Å². The first-order valence-corrected chi connectivity index (χ1v) is 13.3. The molecule has 2 radical (unpaired) electrons. The number of halogens is 2. The number of nitriles is 1. The molecule has 3 aromatic rings. The van der Waals surface area contributed by atoms with Crippen LogP contribution in [-0.4, -0.2) is 29.9 Å². The molecule has 5 rings (SSSR count). The van der Waals surface area contributed by atoms with E-state index in [0.29, 0.717) is 50.3 Å². The van der Waals surface area contributed by atoms with Crippen LogP contribution in [-0.2, 0) is 5.44 Å². The predicted molar refractivity (Wildman–Crippen MR) is 156 cm³/mol. The van der Waals surface area contributed by atoms with Gasteiger partial charge in [-0.05, 0) is 48.9 Å². The normalized spacial score (nSPS) is 17.8. The van der Waals surface area contributed by atoms with E-state index in [1.54, 1.807) is 12.3 Å². The van der Waals surface area contributed by atoms with E-state index in [0.717, 1.165) is 18.2 Å². The van der Waals surface area contributed by atoms with Crippen molar-refractivity contribution in [1.29, 1.82) is 5.26 Å². The number of rotatable bonds is 7. The number of hydrogen-bond acceptors (Lipinski definition) is 7. The fourth-order valence-corrected chi connectivity index (χ4v) is 5.03. The molecule has 1 saturated carbocycles. The van der Waals surface area contributed by atoms with E-state index in [1.807, 2.05) is 41.5 Å². The van der Waals surface area contributed by atoms with Crippen molar-refractivity contribution in [3.05, 3.63) is 75.7 Å². The molecule has 7 nitrogen and oxygen atoms in total. The van der Waals surface area contributed by atoms with E-state index in [9.17, 15) is 5.26 Å². The van der Waals surface area contributed by atoms with Crippen molar-refractivity contribution < 1.29 is 0 Å². The van der Waals surface area contributed by atoms with E-state index < -0.39 is 5.44 Å². The lowest BCUT2D eigenvalue weighted by molar-refractivity contribution is 0.190. The third kappa shape index (κ3) is 4.99. The summed E-state index contributed by atoms with van der Waals surface area (Å²) >= 11 is 13.4. The Balaban J connectivity index is 1.62. The van der Waals surface area contributed by atoms with Gasteiger partial charge in [-0.25, -0.2) is 0 Å². The van der Waals surface area contributed by atoms with Gasteiger partial charge in [-0.2, -0.15) is 5.26 Å². The quantitative estimate of drug-likeness (QED) is 0.270. The van der Waals surface area contributed by atoms with Gasteiger partial charge in [-0.15, -0.1) is 5.53 Å². The number of hydrogen-bond donors (Lipinski definition) is 4. The predicted octanol–water partition coefficient (Wildman–Crippen LogP) is 6.02. The van der Waals surface area contributed by atoms with E-state index in [-0.39, 0.29) is 11.0 Å². The van der Waals surface area contributed by atoms with Crippen LogP contribution < -0.4 is 21.6 Å². The smallest absolute Gasteiger partial charge is 0.119 e. The van der Waals surface area contributed by atoms with Crippen molar-refractivity contribution in [2.75, 3.05) is 17.2 Å². The number of pyridine rings is 1. The third-order valence-corrected chi connectivity index (χ3v) is 7.65. The molecule has 1 aromatic heterocycles. The molecule has 2 aliphatic rings. The zero-order chi connectivity index (χ0) is 27.3. The number of nitrogens with one attached hydrogen (secondary N) is 4. The molecule has 0 amide bonds. The molecule has 0 bridgehead atoms. The van der Waals surface area contributed by atoms with Crippen LogP contribution in [0.1, 0.15) is 51.7 Å². The fourth-order valence-electron chi connectivity index (χ4n) is 4.48. The van der Waals surface area contributed by atoms with Gasteiger partial charge in [0.2, 0.25) is 0 Å². The van der Waals surface area contributed by atoms with Crippen LogP contribution in [0, 0.1) is 16.7 Å². The van der Waals surface area contributed by atoms with Gasteiger partial charge in [0.15, 0.2) is 0 Å². The number of anilines is 2. The van der Waals surface area contributed by atoms with Gasteiger partial charge >= 0.3 is 0 Å². The van der Waals surface area contributed by atoms with Crippen LogP contribution in [0.2, 0.25) is 10.0 Å². The summed E-state index contributed by atoms with van der Waals surface area (Å²) in [6, 6.07) is 13.4. The molecule has 0 spiro atoms. The number of hydrazine groups is 2. The van der Waals surface area contributed by atoms with Crippen molar-refractivity contribution >= 4 is 53.3 Å². The lowest BCUT2D eigenvalue weighted by atomic mass is 9.69. The molecule has 4 N–H and O–H groups in total. The zero-order valence-electron chi connectivity index (χ0n) is 21.9. The molecule has 1 aliphatic heterocycles. The second-order valence-electron chi connectivity index (χ2n) is 11.5. The molecule has 1 unspecified atom stereocenters. The Labute approximate surface area is 234 Å². The van der Waals surface area contributed by atoms with Gasteiger partial charge in [0, 0.05) is 35.0 Å². The van der Waals surface area contributed by atoms with Crippen molar-refractivity contribution in [2.24, 2.45) is 5.41 Å². The summed E-state index contributed by atoms with van der Waals surface area (Å²) in [5.41, 5.74) is 9.05. The first-order valence-electron chi connectivity index (χ1n) is 12.6. The van der Waals surface area contributed by atoms with E-state index in [1.165, 1.54) is 0 Å². The van der Waals surface area contributed by atoms with Gasteiger partial charge < -0.3 is 16.1 Å². The van der Waals surface area contributed by atoms with Gasteiger partial charge in [0.25, 0.3) is 0 Å². The summed E-state index contributed by atoms with van der Waals surface area (Å²) < 4.78 is 0. The van der Waals surface area contributed by atoms with Gasteiger partial charge in [0.1, 0.15) is 13.9 Å². The van der Waals surface area contributed by atoms with Crippen molar-refractivity contribution in [2.45, 2.75) is 51.5 Å². The maximum atomic E-state index is 9.81. The highest BCUT2D eigenvalue weighted by molar-refractivity contribution is 6.36. The van der Waals surface area contributed by atoms with Crippen LogP contribution in [0.15, 0.2) is 54.5 Å². The topological polar surface area (TPSA) is 88.0 Å². The van der Waals surface area contributed by atoms with Crippen molar-refractivity contribution in [1.82, 2.24) is 21.0 Å². The molecule has 38 heavy (non-hydrogen) atoms. The van der Waals surface area contributed by atoms with Crippen LogP contribution in [0.5, 0.6) is 0 Å². The molecule has 10 heteroatoms. The maximum Gasteiger partial charge on any atom is 0.119 e. The summed E-state index contributed by atoms with van der Waals surface area (Å²) in [5, 5.41) is 20.5. The second kappa shape index (κ2) is 9.57. The second-order valence-corrected chi connectivity index (χ2v) is 12.3. The lowest BCUT2D eigenvalue weighted by Crippen LogP contribution is -2.47. The molecular weight excluding hydrogens is 516 g/mol. The van der Waals surface area contributed by atoms with Crippen molar-refractivity contribution in [3.8, 4) is 6.07 Å². The van der Waals surface area contributed by atoms with Gasteiger partial charge in [-0.3, -0.25) is 9.99 Å². The molecule has 1 atom stereocenters. The molecule has 2 heterocycles. The molecule has 1 aliphatic carbocycles. The van der Waals surface area contributed by atoms with E-state index in [2.05, 4.69) is 60.3 Å². The van der Waals surface area contributed by atoms with Crippen LogP contribution in [0.25, 0.3) is 10.9 Å². The monoisotopic (exact) mass is 545 g/mol. The Morgan fingerprint density at radius 1 is 1.18 bits per heavy atom. The minimum Gasteiger partial charge on any atom is -0.383 e. The number of aromatic nitrogens is 1. The summed E-state index contributed by atoms with van der Waals surface area (Å²) in [6.45, 7) is 9.24. The summed E-state index contributed by atoms with van der Waals surface area (Å²) in [4.78, 5) is 4.47. The Bertz CT molecular complexity index is 1470. The highest BCUT2D eigenvalue weighted by Crippen LogP contribution is 2.44. The number of fused-ring (bicyclic) bond motifs is 1. The fraction of sp³-hybridized carbons (Fsp3) is 0.357. The third-order valence-electron chi connectivity index (χ3n) is 7.03. The standard InChI is InChI=1S/C28H30BCl2N7/c1-26(2,3)16-34-24-17(13-32)14-33-25-19(24)11-18(12-22(25)31)35-28(29,20-7-5-6-8-21(20)30)23-15-38(37-36-23)27(4)9-10-27/h5-8,11-12,14-15,35-37H,9-10,16H2,1-4H3,(H,33,34). The first-order chi connectivity index (χ1) is 17.9. The largest absolute Gasteiger partial charge is 0.383 e. The van der Waals surface area contributed by atoms with E-state index >= 15 is 0 Å². The maximum absolute atomic E-state index is 9.81. The summed E-state index contributed by atoms with van der Waals surface area (Å²) in [6.07, 6.45) is 5.70. The summed E-state index contributed by atoms with van der Waals surface area (Å²) in [7, 11) is 7.17. The average molecular weight is 546 g/mol. The molecule has 2 aromatic carbocycles. The van der Waals surface area contributed by atoms with E-state index in [4.69, 9.17) is 31.0 Å². The SMILES string of the molecule is [B]C(Nc1cc(Cl)c2ncc(C#N)c(NCC(C)(C)C)c2c1)(C1=CN(C2(C)CC2)NN1)c1ccccc1Cl. The highest BCUT2D eigenvalue weighted by atomic mass is 35.5. The van der Waals surface area contributed by atoms with Crippen molar-refractivity contribution in [3.63, 3.8) is 0 Å². The highest BCUT2D eigenvalue weighted by Gasteiger charge is 2.46. The van der Waals surface area contributed by atoms with Crippen LogP contribution in [0.3, 0.4) is 0 Å². The molecular formula is C28H30BCl2N7. The average Bonchev–Trinajstić information content (AvgIpc) is 3.39. The summed E-state index contributed by atoms with van der Waals surface area (Å²) in [5.74, 6) is 0. The Morgan fingerprint density at radius 3 is 2.58 bits per heavy atom. The Hall–Kier alpha value is -3.12. The Morgan fingerprint density at radius 2 is 1.92 bits per heavy atom. The molecule has 1 fully saturated rings. The number of nitrogens with zero attached hydrogens (tertiary/aromatic N) is 3. The minimum absolute atomic E-state index is 0.00384. The number of benzene rings is 2. The molecule has 194 valence electrons. The zero-order valence-corrected chi connectivity index (χ0v) is 23.4. The van der Waals surface area contributed by atoms with Crippen LogP contribution in [0.4, 0.5) is 11.4 Å². The Kier molecular flexibility index (Phi) is 6.67. The molecule has 0 saturated heterocycles.